The van der Waals surface area contributed by atoms with Gasteiger partial charge in [0.05, 0.1) is 17.7 Å². The molecule has 0 aliphatic rings. The molecule has 6 heteroatoms. The summed E-state index contributed by atoms with van der Waals surface area (Å²) in [6, 6.07) is 6.04. The van der Waals surface area contributed by atoms with Crippen LogP contribution in [0.25, 0.3) is 0 Å². The number of benzene rings is 1. The molecule has 0 aliphatic heterocycles. The van der Waals surface area contributed by atoms with E-state index >= 15 is 0 Å². The molecule has 0 unspecified atom stereocenters. The molecule has 0 fully saturated rings. The fraction of sp³-hybridized carbons (Fsp3) is 0.200. The van der Waals surface area contributed by atoms with E-state index in [9.17, 15) is 19.8 Å². The van der Waals surface area contributed by atoms with Gasteiger partial charge < -0.3 is 15.1 Å². The van der Waals surface area contributed by atoms with Gasteiger partial charge in [0, 0.05) is 18.0 Å². The highest BCUT2D eigenvalue weighted by molar-refractivity contribution is 7.09. The van der Waals surface area contributed by atoms with Crippen LogP contribution < -0.4 is 0 Å². The van der Waals surface area contributed by atoms with E-state index in [1.54, 1.807) is 7.05 Å². The molecule has 0 aliphatic carbocycles. The number of ketones is 1. The Labute approximate surface area is 126 Å². The summed E-state index contributed by atoms with van der Waals surface area (Å²) >= 11 is 1.53. The van der Waals surface area contributed by atoms with Crippen LogP contribution in [0.4, 0.5) is 0 Å². The minimum atomic E-state index is -0.414. The van der Waals surface area contributed by atoms with E-state index < -0.39 is 5.91 Å². The molecular formula is C15H15NO4S. The van der Waals surface area contributed by atoms with Crippen LogP contribution in [0.2, 0.25) is 0 Å². The van der Waals surface area contributed by atoms with E-state index in [1.807, 2.05) is 17.5 Å². The third kappa shape index (κ3) is 3.22. The molecule has 0 atom stereocenters. The third-order valence-electron chi connectivity index (χ3n) is 3.04. The highest BCUT2D eigenvalue weighted by Crippen LogP contribution is 2.29. The van der Waals surface area contributed by atoms with Crippen LogP contribution in [0, 0.1) is 0 Å². The molecular weight excluding hydrogens is 290 g/mol. The number of carbonyl (C=O) groups excluding carboxylic acids is 2. The van der Waals surface area contributed by atoms with Crippen LogP contribution in [-0.4, -0.2) is 33.9 Å². The predicted molar refractivity (Wildman–Crippen MR) is 79.9 cm³/mol. The Bertz CT molecular complexity index is 679. The number of hydrogen-bond acceptors (Lipinski definition) is 5. The van der Waals surface area contributed by atoms with E-state index in [1.165, 1.54) is 29.2 Å². The zero-order valence-corrected chi connectivity index (χ0v) is 12.5. The number of carbonyl (C=O) groups is 2. The van der Waals surface area contributed by atoms with Gasteiger partial charge in [0.2, 0.25) is 0 Å². The van der Waals surface area contributed by atoms with Gasteiger partial charge in [-0.3, -0.25) is 9.59 Å². The largest absolute Gasteiger partial charge is 0.507 e. The van der Waals surface area contributed by atoms with Crippen molar-refractivity contribution in [3.05, 3.63) is 45.6 Å². The van der Waals surface area contributed by atoms with Gasteiger partial charge in [-0.2, -0.15) is 0 Å². The number of amides is 1. The Morgan fingerprint density at radius 1 is 1.19 bits per heavy atom. The molecule has 1 heterocycles. The Kier molecular flexibility index (Phi) is 4.28. The van der Waals surface area contributed by atoms with Crippen molar-refractivity contribution in [2.45, 2.75) is 13.5 Å². The molecule has 110 valence electrons. The molecule has 5 nitrogen and oxygen atoms in total. The van der Waals surface area contributed by atoms with Gasteiger partial charge in [0.15, 0.2) is 5.78 Å². The highest BCUT2D eigenvalue weighted by Gasteiger charge is 2.20. The van der Waals surface area contributed by atoms with Crippen molar-refractivity contribution >= 4 is 23.0 Å². The first-order chi connectivity index (χ1) is 9.90. The summed E-state index contributed by atoms with van der Waals surface area (Å²) in [6.07, 6.45) is 0. The monoisotopic (exact) mass is 305 g/mol. The normalized spacial score (nSPS) is 10.4. The van der Waals surface area contributed by atoms with E-state index in [0.29, 0.717) is 6.54 Å². The molecule has 0 radical (unpaired) electrons. The van der Waals surface area contributed by atoms with E-state index in [0.717, 1.165) is 10.9 Å². The molecule has 0 saturated heterocycles. The molecule has 2 rings (SSSR count). The Hall–Kier alpha value is -2.34. The van der Waals surface area contributed by atoms with Crippen molar-refractivity contribution in [1.29, 1.82) is 0 Å². The van der Waals surface area contributed by atoms with Crippen LogP contribution >= 0.6 is 11.3 Å². The number of phenolic OH excluding ortho intramolecular Hbond substituents is 2. The molecule has 0 saturated carbocycles. The number of nitrogens with zero attached hydrogens (tertiary/aromatic N) is 1. The fourth-order valence-corrected chi connectivity index (χ4v) is 2.70. The zero-order chi connectivity index (χ0) is 15.6. The van der Waals surface area contributed by atoms with Crippen molar-refractivity contribution in [3.63, 3.8) is 0 Å². The van der Waals surface area contributed by atoms with E-state index in [2.05, 4.69) is 0 Å². The van der Waals surface area contributed by atoms with E-state index in [-0.39, 0.29) is 28.4 Å². The van der Waals surface area contributed by atoms with Gasteiger partial charge in [-0.05, 0) is 24.4 Å². The van der Waals surface area contributed by atoms with Crippen molar-refractivity contribution in [2.75, 3.05) is 7.05 Å². The molecule has 2 N–H and O–H groups in total. The summed E-state index contributed by atoms with van der Waals surface area (Å²) in [5, 5.41) is 21.4. The van der Waals surface area contributed by atoms with Crippen LogP contribution in [0.1, 0.15) is 32.5 Å². The van der Waals surface area contributed by atoms with Gasteiger partial charge in [-0.1, -0.05) is 6.07 Å². The standard InChI is InChI=1S/C15H15NO4S/c1-9(17)11-6-12(14(19)7-13(11)18)15(20)16(2)8-10-4-3-5-21-10/h3-7,18-19H,8H2,1-2H3. The SMILES string of the molecule is CC(=O)c1cc(C(=O)N(C)Cc2cccs2)c(O)cc1O. The number of hydrogen-bond donors (Lipinski definition) is 2. The second-order valence-electron chi connectivity index (χ2n) is 4.68. The summed E-state index contributed by atoms with van der Waals surface area (Å²) in [7, 11) is 1.61. The Morgan fingerprint density at radius 3 is 2.43 bits per heavy atom. The summed E-state index contributed by atoms with van der Waals surface area (Å²) in [4.78, 5) is 26.2. The van der Waals surface area contributed by atoms with Gasteiger partial charge in [-0.25, -0.2) is 0 Å². The van der Waals surface area contributed by atoms with Crippen molar-refractivity contribution < 1.29 is 19.8 Å². The number of Topliss-reactive ketones (excluding diaryl/α,β-unsaturated/α-hetero) is 1. The topological polar surface area (TPSA) is 77.8 Å². The molecule has 2 aromatic rings. The molecule has 0 bridgehead atoms. The van der Waals surface area contributed by atoms with Gasteiger partial charge in [0.25, 0.3) is 5.91 Å². The molecule has 1 amide bonds. The highest BCUT2D eigenvalue weighted by atomic mass is 32.1. The number of rotatable bonds is 4. The lowest BCUT2D eigenvalue weighted by atomic mass is 10.0. The zero-order valence-electron chi connectivity index (χ0n) is 11.7. The average molecular weight is 305 g/mol. The maximum Gasteiger partial charge on any atom is 0.257 e. The third-order valence-corrected chi connectivity index (χ3v) is 3.90. The molecule has 1 aromatic heterocycles. The first kappa shape index (κ1) is 15.1. The lowest BCUT2D eigenvalue weighted by molar-refractivity contribution is 0.0783. The van der Waals surface area contributed by atoms with Gasteiger partial charge in [-0.15, -0.1) is 11.3 Å². The maximum absolute atomic E-state index is 12.4. The molecule has 0 spiro atoms. The average Bonchev–Trinajstić information content (AvgIpc) is 2.90. The Balaban J connectivity index is 2.30. The maximum atomic E-state index is 12.4. The summed E-state index contributed by atoms with van der Waals surface area (Å²) in [5.41, 5.74) is 0.0118. The van der Waals surface area contributed by atoms with E-state index in [4.69, 9.17) is 0 Å². The first-order valence-corrected chi connectivity index (χ1v) is 7.13. The summed E-state index contributed by atoms with van der Waals surface area (Å²) in [6.45, 7) is 1.70. The van der Waals surface area contributed by atoms with Crippen LogP contribution in [-0.2, 0) is 6.54 Å². The second kappa shape index (κ2) is 5.97. The van der Waals surface area contributed by atoms with Crippen LogP contribution in [0.3, 0.4) is 0 Å². The predicted octanol–water partition coefficient (Wildman–Crippen LogP) is 2.63. The second-order valence-corrected chi connectivity index (χ2v) is 5.72. The van der Waals surface area contributed by atoms with Crippen LogP contribution in [0.15, 0.2) is 29.6 Å². The van der Waals surface area contributed by atoms with Crippen molar-refractivity contribution in [3.8, 4) is 11.5 Å². The number of aromatic hydroxyl groups is 2. The number of thiophene rings is 1. The van der Waals surface area contributed by atoms with Crippen LogP contribution in [0.5, 0.6) is 11.5 Å². The minimum absolute atomic E-state index is 0.00273. The quantitative estimate of drug-likeness (QED) is 0.851. The fourth-order valence-electron chi connectivity index (χ4n) is 1.94. The first-order valence-electron chi connectivity index (χ1n) is 6.25. The lowest BCUT2D eigenvalue weighted by Gasteiger charge is -2.17. The number of phenols is 2. The van der Waals surface area contributed by atoms with Crippen molar-refractivity contribution in [1.82, 2.24) is 4.90 Å². The minimum Gasteiger partial charge on any atom is -0.507 e. The Morgan fingerprint density at radius 2 is 1.86 bits per heavy atom. The summed E-state index contributed by atoms with van der Waals surface area (Å²) in [5.74, 6) is -1.47. The lowest BCUT2D eigenvalue weighted by Crippen LogP contribution is -2.26. The van der Waals surface area contributed by atoms with Crippen molar-refractivity contribution in [2.24, 2.45) is 0 Å². The molecule has 21 heavy (non-hydrogen) atoms. The van der Waals surface area contributed by atoms with Gasteiger partial charge in [0.1, 0.15) is 11.5 Å². The molecule has 1 aromatic carbocycles. The summed E-state index contributed by atoms with van der Waals surface area (Å²) < 4.78 is 0. The smallest absolute Gasteiger partial charge is 0.257 e. The van der Waals surface area contributed by atoms with Gasteiger partial charge >= 0.3 is 0 Å².